The Bertz CT molecular complexity index is 498. The standard InChI is InChI=1S/C13H13NO3/c1-9(5-13(15)16)8-17-12-6-11(7-14)4-3-10(12)2/h3-6H,8H2,1-2H3,(H,15,16)/b9-5-. The predicted molar refractivity (Wildman–Crippen MR) is 62.8 cm³/mol. The SMILES string of the molecule is C/C(=C/C(=O)O)COc1cc(C#N)ccc1C. The number of nitrogens with zero attached hydrogens (tertiary/aromatic N) is 1. The van der Waals surface area contributed by atoms with E-state index in [1.54, 1.807) is 25.1 Å². The molecule has 0 heterocycles. The first-order chi connectivity index (χ1) is 8.02. The molecule has 17 heavy (non-hydrogen) atoms. The van der Waals surface area contributed by atoms with E-state index < -0.39 is 5.97 Å². The van der Waals surface area contributed by atoms with E-state index in [1.807, 2.05) is 13.0 Å². The summed E-state index contributed by atoms with van der Waals surface area (Å²) in [6, 6.07) is 7.17. The molecule has 0 aliphatic rings. The van der Waals surface area contributed by atoms with Crippen LogP contribution in [-0.4, -0.2) is 17.7 Å². The highest BCUT2D eigenvalue weighted by Gasteiger charge is 2.02. The van der Waals surface area contributed by atoms with Gasteiger partial charge in [-0.3, -0.25) is 0 Å². The van der Waals surface area contributed by atoms with Gasteiger partial charge in [-0.2, -0.15) is 5.26 Å². The summed E-state index contributed by atoms with van der Waals surface area (Å²) in [6.07, 6.45) is 1.10. The number of hydrogen-bond donors (Lipinski definition) is 1. The van der Waals surface area contributed by atoms with E-state index in [0.717, 1.165) is 11.6 Å². The molecule has 0 aliphatic heterocycles. The Hall–Kier alpha value is -2.28. The summed E-state index contributed by atoms with van der Waals surface area (Å²) in [5.41, 5.74) is 2.04. The first-order valence-corrected chi connectivity index (χ1v) is 5.06. The minimum Gasteiger partial charge on any atom is -0.489 e. The lowest BCUT2D eigenvalue weighted by molar-refractivity contribution is -0.131. The molecule has 0 unspecified atom stereocenters. The van der Waals surface area contributed by atoms with Crippen LogP contribution in [-0.2, 0) is 4.79 Å². The quantitative estimate of drug-likeness (QED) is 0.807. The van der Waals surface area contributed by atoms with Crippen molar-refractivity contribution in [3.63, 3.8) is 0 Å². The highest BCUT2D eigenvalue weighted by molar-refractivity contribution is 5.80. The first kappa shape index (κ1) is 12.8. The number of benzene rings is 1. The molecule has 0 aromatic heterocycles. The Balaban J connectivity index is 2.76. The van der Waals surface area contributed by atoms with Crippen LogP contribution in [0.4, 0.5) is 0 Å². The highest BCUT2D eigenvalue weighted by Crippen LogP contribution is 2.19. The monoisotopic (exact) mass is 231 g/mol. The van der Waals surface area contributed by atoms with Crippen molar-refractivity contribution in [3.05, 3.63) is 41.0 Å². The van der Waals surface area contributed by atoms with Crippen molar-refractivity contribution >= 4 is 5.97 Å². The van der Waals surface area contributed by atoms with Crippen LogP contribution < -0.4 is 4.74 Å². The average Bonchev–Trinajstić information content (AvgIpc) is 2.27. The highest BCUT2D eigenvalue weighted by atomic mass is 16.5. The number of carboxylic acids is 1. The smallest absolute Gasteiger partial charge is 0.328 e. The van der Waals surface area contributed by atoms with E-state index in [1.165, 1.54) is 0 Å². The van der Waals surface area contributed by atoms with Crippen molar-refractivity contribution < 1.29 is 14.6 Å². The number of aliphatic carboxylic acids is 1. The van der Waals surface area contributed by atoms with Crippen molar-refractivity contribution in [1.29, 1.82) is 5.26 Å². The summed E-state index contributed by atoms with van der Waals surface area (Å²) in [5, 5.41) is 17.3. The second kappa shape index (κ2) is 5.71. The maximum absolute atomic E-state index is 10.4. The number of ether oxygens (including phenoxy) is 1. The van der Waals surface area contributed by atoms with Crippen molar-refractivity contribution in [2.24, 2.45) is 0 Å². The maximum atomic E-state index is 10.4. The Morgan fingerprint density at radius 1 is 1.59 bits per heavy atom. The summed E-state index contributed by atoms with van der Waals surface area (Å²) in [4.78, 5) is 10.4. The summed E-state index contributed by atoms with van der Waals surface area (Å²) < 4.78 is 5.46. The molecule has 0 saturated heterocycles. The van der Waals surface area contributed by atoms with Gasteiger partial charge in [0, 0.05) is 6.08 Å². The third-order valence-corrected chi connectivity index (χ3v) is 2.14. The molecule has 88 valence electrons. The van der Waals surface area contributed by atoms with Gasteiger partial charge in [-0.05, 0) is 37.1 Å². The fourth-order valence-corrected chi connectivity index (χ4v) is 1.27. The molecule has 1 rings (SSSR count). The summed E-state index contributed by atoms with van der Waals surface area (Å²) >= 11 is 0. The molecular formula is C13H13NO3. The molecule has 0 spiro atoms. The van der Waals surface area contributed by atoms with Crippen LogP contribution in [0.3, 0.4) is 0 Å². The zero-order valence-corrected chi connectivity index (χ0v) is 9.73. The van der Waals surface area contributed by atoms with E-state index in [-0.39, 0.29) is 6.61 Å². The fourth-order valence-electron chi connectivity index (χ4n) is 1.27. The molecular weight excluding hydrogens is 218 g/mol. The van der Waals surface area contributed by atoms with Gasteiger partial charge in [0.25, 0.3) is 0 Å². The van der Waals surface area contributed by atoms with Gasteiger partial charge in [-0.15, -0.1) is 0 Å². The molecule has 0 radical (unpaired) electrons. The number of aryl methyl sites for hydroxylation is 1. The van der Waals surface area contributed by atoms with Crippen LogP contribution in [0.25, 0.3) is 0 Å². The molecule has 1 N–H and O–H groups in total. The molecule has 0 atom stereocenters. The predicted octanol–water partition coefficient (Wildman–Crippen LogP) is 2.28. The van der Waals surface area contributed by atoms with Gasteiger partial charge in [0.05, 0.1) is 11.6 Å². The van der Waals surface area contributed by atoms with Gasteiger partial charge in [0.2, 0.25) is 0 Å². The van der Waals surface area contributed by atoms with E-state index >= 15 is 0 Å². The molecule has 0 aliphatic carbocycles. The normalized spacial score (nSPS) is 10.8. The Morgan fingerprint density at radius 2 is 2.29 bits per heavy atom. The van der Waals surface area contributed by atoms with Crippen molar-refractivity contribution in [3.8, 4) is 11.8 Å². The average molecular weight is 231 g/mol. The van der Waals surface area contributed by atoms with Crippen LogP contribution in [0.1, 0.15) is 18.1 Å². The summed E-state index contributed by atoms with van der Waals surface area (Å²) in [5.74, 6) is -0.393. The Labute approximate surface area is 99.8 Å². The van der Waals surface area contributed by atoms with Gasteiger partial charge < -0.3 is 9.84 Å². The van der Waals surface area contributed by atoms with E-state index in [2.05, 4.69) is 0 Å². The van der Waals surface area contributed by atoms with Crippen LogP contribution in [0, 0.1) is 18.3 Å². The maximum Gasteiger partial charge on any atom is 0.328 e. The van der Waals surface area contributed by atoms with Crippen LogP contribution >= 0.6 is 0 Å². The van der Waals surface area contributed by atoms with Crippen LogP contribution in [0.5, 0.6) is 5.75 Å². The lowest BCUT2D eigenvalue weighted by Crippen LogP contribution is -2.02. The molecule has 0 fully saturated rings. The van der Waals surface area contributed by atoms with Gasteiger partial charge in [-0.25, -0.2) is 4.79 Å². The van der Waals surface area contributed by atoms with Crippen LogP contribution in [0.2, 0.25) is 0 Å². The molecule has 1 aromatic rings. The van der Waals surface area contributed by atoms with E-state index in [4.69, 9.17) is 15.1 Å². The molecule has 1 aromatic carbocycles. The van der Waals surface area contributed by atoms with Gasteiger partial charge in [0.15, 0.2) is 0 Å². The lowest BCUT2D eigenvalue weighted by Gasteiger charge is -2.09. The number of nitriles is 1. The number of carbonyl (C=O) groups is 1. The number of rotatable bonds is 4. The van der Waals surface area contributed by atoms with Gasteiger partial charge >= 0.3 is 5.97 Å². The molecule has 4 nitrogen and oxygen atoms in total. The van der Waals surface area contributed by atoms with E-state index in [0.29, 0.717) is 16.9 Å². The minimum absolute atomic E-state index is 0.196. The lowest BCUT2D eigenvalue weighted by atomic mass is 10.1. The third-order valence-electron chi connectivity index (χ3n) is 2.14. The van der Waals surface area contributed by atoms with Gasteiger partial charge in [-0.1, -0.05) is 6.07 Å². The van der Waals surface area contributed by atoms with Crippen molar-refractivity contribution in [1.82, 2.24) is 0 Å². The topological polar surface area (TPSA) is 70.3 Å². The van der Waals surface area contributed by atoms with E-state index in [9.17, 15) is 4.79 Å². The van der Waals surface area contributed by atoms with Crippen LogP contribution in [0.15, 0.2) is 29.8 Å². The number of hydrogen-bond acceptors (Lipinski definition) is 3. The molecule has 4 heteroatoms. The molecule has 0 bridgehead atoms. The molecule has 0 saturated carbocycles. The van der Waals surface area contributed by atoms with Gasteiger partial charge in [0.1, 0.15) is 12.4 Å². The second-order valence-electron chi connectivity index (χ2n) is 3.71. The summed E-state index contributed by atoms with van der Waals surface area (Å²) in [6.45, 7) is 3.74. The minimum atomic E-state index is -0.992. The molecule has 0 amide bonds. The zero-order valence-electron chi connectivity index (χ0n) is 9.73. The second-order valence-corrected chi connectivity index (χ2v) is 3.71. The largest absolute Gasteiger partial charge is 0.489 e. The number of carboxylic acid groups (broad SMARTS) is 1. The fraction of sp³-hybridized carbons (Fsp3) is 0.231. The Kier molecular flexibility index (Phi) is 4.29. The zero-order chi connectivity index (χ0) is 12.8. The first-order valence-electron chi connectivity index (χ1n) is 5.06. The Morgan fingerprint density at radius 3 is 2.88 bits per heavy atom. The van der Waals surface area contributed by atoms with Crippen molar-refractivity contribution in [2.75, 3.05) is 6.61 Å². The van der Waals surface area contributed by atoms with Crippen molar-refractivity contribution in [2.45, 2.75) is 13.8 Å². The third kappa shape index (κ3) is 3.99. The summed E-state index contributed by atoms with van der Waals surface area (Å²) in [7, 11) is 0.